The Morgan fingerprint density at radius 1 is 1.03 bits per heavy atom. The largest absolute Gasteiger partial charge is 0.486 e. The molecular formula is C25H22ClF2NO4. The normalized spacial score (nSPS) is 11.9. The lowest BCUT2D eigenvalue weighted by atomic mass is 10.0. The van der Waals surface area contributed by atoms with E-state index in [1.807, 2.05) is 12.1 Å². The van der Waals surface area contributed by atoms with Crippen LogP contribution in [0, 0.1) is 11.6 Å². The Morgan fingerprint density at radius 3 is 2.30 bits per heavy atom. The second-order valence-corrected chi connectivity index (χ2v) is 7.99. The zero-order valence-corrected chi connectivity index (χ0v) is 18.6. The predicted molar refractivity (Wildman–Crippen MR) is 121 cm³/mol. The fourth-order valence-electron chi connectivity index (χ4n) is 3.30. The second kappa shape index (κ2) is 11.0. The van der Waals surface area contributed by atoms with Gasteiger partial charge in [0, 0.05) is 29.6 Å². The maximum absolute atomic E-state index is 13.9. The molecular weight excluding hydrogens is 452 g/mol. The van der Waals surface area contributed by atoms with E-state index in [1.165, 1.54) is 12.1 Å². The highest BCUT2D eigenvalue weighted by Crippen LogP contribution is 2.27. The Hall–Kier alpha value is -3.29. The van der Waals surface area contributed by atoms with Crippen LogP contribution in [0.15, 0.2) is 66.7 Å². The van der Waals surface area contributed by atoms with Gasteiger partial charge < -0.3 is 9.84 Å². The summed E-state index contributed by atoms with van der Waals surface area (Å²) >= 11 is 5.98. The quantitative estimate of drug-likeness (QED) is 0.401. The van der Waals surface area contributed by atoms with E-state index >= 15 is 0 Å². The smallest absolute Gasteiger partial charge is 0.317 e. The third-order valence-electron chi connectivity index (χ3n) is 4.99. The van der Waals surface area contributed by atoms with Crippen LogP contribution in [0.4, 0.5) is 8.78 Å². The van der Waals surface area contributed by atoms with Crippen molar-refractivity contribution in [2.75, 3.05) is 20.1 Å². The summed E-state index contributed by atoms with van der Waals surface area (Å²) in [5.41, 5.74) is 0.874. The fraction of sp³-hybridized carbons (Fsp3) is 0.200. The van der Waals surface area contributed by atoms with Gasteiger partial charge in [0.2, 0.25) is 0 Å². The number of likely N-dealkylation sites (N-methyl/N-ethyl adjacent to an activating group) is 1. The lowest BCUT2D eigenvalue weighted by Gasteiger charge is -2.23. The van der Waals surface area contributed by atoms with Crippen LogP contribution in [0.1, 0.15) is 34.0 Å². The van der Waals surface area contributed by atoms with Crippen LogP contribution in [0.2, 0.25) is 5.02 Å². The molecule has 0 aliphatic rings. The van der Waals surface area contributed by atoms with Gasteiger partial charge in [0.1, 0.15) is 23.5 Å². The zero-order chi connectivity index (χ0) is 24.0. The Labute approximate surface area is 195 Å². The lowest BCUT2D eigenvalue weighted by Crippen LogP contribution is -2.28. The van der Waals surface area contributed by atoms with Gasteiger partial charge in [-0.2, -0.15) is 0 Å². The minimum absolute atomic E-state index is 0.0932. The summed E-state index contributed by atoms with van der Waals surface area (Å²) in [6.45, 7) is 0.379. The summed E-state index contributed by atoms with van der Waals surface area (Å²) in [4.78, 5) is 25.2. The van der Waals surface area contributed by atoms with Gasteiger partial charge in [-0.1, -0.05) is 23.7 Å². The molecule has 0 saturated carbocycles. The Bertz CT molecular complexity index is 1120. The van der Waals surface area contributed by atoms with Crippen molar-refractivity contribution in [2.45, 2.75) is 12.5 Å². The van der Waals surface area contributed by atoms with Gasteiger partial charge in [0.15, 0.2) is 5.78 Å². The molecule has 0 radical (unpaired) electrons. The van der Waals surface area contributed by atoms with Crippen LogP contribution in [0.5, 0.6) is 5.75 Å². The van der Waals surface area contributed by atoms with Gasteiger partial charge in [-0.25, -0.2) is 8.78 Å². The molecule has 0 fully saturated rings. The summed E-state index contributed by atoms with van der Waals surface area (Å²) < 4.78 is 33.2. The molecule has 0 bridgehead atoms. The molecule has 0 heterocycles. The highest BCUT2D eigenvalue weighted by molar-refractivity contribution is 6.30. The summed E-state index contributed by atoms with van der Waals surface area (Å²) in [5.74, 6) is -2.68. The molecule has 0 spiro atoms. The van der Waals surface area contributed by atoms with Gasteiger partial charge in [0.05, 0.1) is 12.1 Å². The average Bonchev–Trinajstić information content (AvgIpc) is 2.77. The predicted octanol–water partition coefficient (Wildman–Crippen LogP) is 5.38. The lowest BCUT2D eigenvalue weighted by molar-refractivity contribution is -0.138. The molecule has 3 aromatic carbocycles. The minimum Gasteiger partial charge on any atom is -0.486 e. The summed E-state index contributed by atoms with van der Waals surface area (Å²) in [5, 5.41) is 9.54. The molecule has 1 unspecified atom stereocenters. The van der Waals surface area contributed by atoms with Crippen molar-refractivity contribution in [3.8, 4) is 5.75 Å². The number of nitrogens with zero attached hydrogens (tertiary/aromatic N) is 1. The maximum Gasteiger partial charge on any atom is 0.317 e. The number of carbonyl (C=O) groups excluding carboxylic acids is 1. The van der Waals surface area contributed by atoms with Crippen molar-refractivity contribution in [3.05, 3.63) is 100 Å². The topological polar surface area (TPSA) is 66.8 Å². The molecule has 1 atom stereocenters. The van der Waals surface area contributed by atoms with Crippen molar-refractivity contribution in [1.82, 2.24) is 4.90 Å². The van der Waals surface area contributed by atoms with Gasteiger partial charge in [-0.05, 0) is 61.1 Å². The van der Waals surface area contributed by atoms with Crippen LogP contribution < -0.4 is 4.74 Å². The molecule has 0 aliphatic carbocycles. The van der Waals surface area contributed by atoms with E-state index in [4.69, 9.17) is 21.4 Å². The SMILES string of the molecule is CN(CCC(Oc1ccc(C(=O)c2ccc(F)cc2F)cc1)c1ccc(Cl)cc1)CC(=O)O. The number of hydrogen-bond acceptors (Lipinski definition) is 4. The molecule has 1 N–H and O–H groups in total. The molecule has 0 aromatic heterocycles. The van der Waals surface area contributed by atoms with E-state index in [-0.39, 0.29) is 17.7 Å². The molecule has 172 valence electrons. The summed E-state index contributed by atoms with van der Waals surface area (Å²) in [6.07, 6.45) is 0.113. The highest BCUT2D eigenvalue weighted by atomic mass is 35.5. The number of ether oxygens (including phenoxy) is 1. The second-order valence-electron chi connectivity index (χ2n) is 7.56. The number of carbonyl (C=O) groups is 2. The van der Waals surface area contributed by atoms with Crippen LogP contribution in [-0.2, 0) is 4.79 Å². The molecule has 8 heteroatoms. The number of carboxylic acid groups (broad SMARTS) is 1. The van der Waals surface area contributed by atoms with Crippen molar-refractivity contribution in [1.29, 1.82) is 0 Å². The number of halogens is 3. The van der Waals surface area contributed by atoms with E-state index in [1.54, 1.807) is 36.2 Å². The number of benzene rings is 3. The van der Waals surface area contributed by atoms with E-state index in [0.717, 1.165) is 17.7 Å². The van der Waals surface area contributed by atoms with Crippen molar-refractivity contribution in [3.63, 3.8) is 0 Å². The van der Waals surface area contributed by atoms with Crippen LogP contribution in [-0.4, -0.2) is 41.9 Å². The summed E-state index contributed by atoms with van der Waals surface area (Å²) in [6, 6.07) is 16.2. The third kappa shape index (κ3) is 6.84. The molecule has 5 nitrogen and oxygen atoms in total. The van der Waals surface area contributed by atoms with Crippen LogP contribution in [0.25, 0.3) is 0 Å². The first kappa shape index (κ1) is 24.4. The first-order valence-corrected chi connectivity index (χ1v) is 10.5. The van der Waals surface area contributed by atoms with Gasteiger partial charge in [-0.15, -0.1) is 0 Å². The third-order valence-corrected chi connectivity index (χ3v) is 5.24. The van der Waals surface area contributed by atoms with Crippen molar-refractivity contribution >= 4 is 23.4 Å². The number of rotatable bonds is 10. The van der Waals surface area contributed by atoms with E-state index in [0.29, 0.717) is 29.8 Å². The standard InChI is InChI=1S/C25H22ClF2NO4/c1-29(15-24(30)31)13-12-23(16-2-6-18(26)7-3-16)33-20-9-4-17(5-10-20)25(32)21-11-8-19(27)14-22(21)28/h2-11,14,23H,12-13,15H2,1H3,(H,30,31). The van der Waals surface area contributed by atoms with Gasteiger partial charge >= 0.3 is 5.97 Å². The van der Waals surface area contributed by atoms with E-state index in [9.17, 15) is 18.4 Å². The number of carboxylic acids is 1. The van der Waals surface area contributed by atoms with Gasteiger partial charge in [-0.3, -0.25) is 14.5 Å². The average molecular weight is 474 g/mol. The van der Waals surface area contributed by atoms with Crippen LogP contribution >= 0.6 is 11.6 Å². The number of aliphatic carboxylic acids is 1. The van der Waals surface area contributed by atoms with Gasteiger partial charge in [0.25, 0.3) is 0 Å². The molecule has 3 rings (SSSR count). The maximum atomic E-state index is 13.9. The van der Waals surface area contributed by atoms with E-state index in [2.05, 4.69) is 0 Å². The number of ketones is 1. The van der Waals surface area contributed by atoms with E-state index < -0.39 is 29.5 Å². The molecule has 0 saturated heterocycles. The molecule has 33 heavy (non-hydrogen) atoms. The van der Waals surface area contributed by atoms with Crippen molar-refractivity contribution < 1.29 is 28.2 Å². The molecule has 3 aromatic rings. The molecule has 0 amide bonds. The van der Waals surface area contributed by atoms with Crippen LogP contribution in [0.3, 0.4) is 0 Å². The highest BCUT2D eigenvalue weighted by Gasteiger charge is 2.18. The Balaban J connectivity index is 1.75. The summed E-state index contributed by atoms with van der Waals surface area (Å²) in [7, 11) is 1.71. The van der Waals surface area contributed by atoms with Crippen molar-refractivity contribution in [2.24, 2.45) is 0 Å². The monoisotopic (exact) mass is 473 g/mol. The first-order chi connectivity index (χ1) is 15.7. The first-order valence-electron chi connectivity index (χ1n) is 10.1. The Morgan fingerprint density at radius 2 is 1.70 bits per heavy atom. The Kier molecular flexibility index (Phi) is 8.14. The zero-order valence-electron chi connectivity index (χ0n) is 17.8. The molecule has 0 aliphatic heterocycles. The fourth-order valence-corrected chi connectivity index (χ4v) is 3.42. The minimum atomic E-state index is -0.923. The number of hydrogen-bond donors (Lipinski definition) is 1.